The van der Waals surface area contributed by atoms with Crippen molar-refractivity contribution in [3.05, 3.63) is 29.8 Å². The van der Waals surface area contributed by atoms with Gasteiger partial charge in [0.05, 0.1) is 12.2 Å². The third-order valence-electron chi connectivity index (χ3n) is 4.61. The molecule has 3 atom stereocenters. The van der Waals surface area contributed by atoms with Gasteiger partial charge in [-0.3, -0.25) is 0 Å². The van der Waals surface area contributed by atoms with Gasteiger partial charge in [-0.15, -0.1) is 0 Å². The Balaban J connectivity index is 1.66. The van der Waals surface area contributed by atoms with E-state index in [-0.39, 0.29) is 11.7 Å². The van der Waals surface area contributed by atoms with Gasteiger partial charge in [0.2, 0.25) is 0 Å². The maximum atomic E-state index is 6.26. The molecule has 1 aromatic rings. The summed E-state index contributed by atoms with van der Waals surface area (Å²) in [7, 11) is 1.98. The van der Waals surface area contributed by atoms with Crippen molar-refractivity contribution in [3.63, 3.8) is 0 Å². The van der Waals surface area contributed by atoms with Gasteiger partial charge in [-0.25, -0.2) is 0 Å². The first-order valence-electron chi connectivity index (χ1n) is 7.86. The molecule has 0 radical (unpaired) electrons. The Morgan fingerprint density at radius 3 is 3.14 bits per heavy atom. The Bertz CT molecular complexity index is 474. The molecule has 0 aromatic heterocycles. The molecule has 3 rings (SSSR count). The molecule has 1 spiro atoms. The van der Waals surface area contributed by atoms with E-state index in [9.17, 15) is 0 Å². The van der Waals surface area contributed by atoms with Crippen LogP contribution in [0.4, 0.5) is 0 Å². The Labute approximate surface area is 131 Å². The Morgan fingerprint density at radius 1 is 1.48 bits per heavy atom. The number of rotatable bonds is 4. The number of ether oxygens (including phenoxy) is 2. The number of hydrogen-bond acceptors (Lipinski definition) is 4. The van der Waals surface area contributed by atoms with Crippen LogP contribution < -0.4 is 10.1 Å². The maximum Gasteiger partial charge on any atom is 0.120 e. The lowest BCUT2D eigenvalue weighted by molar-refractivity contribution is -0.0959. The van der Waals surface area contributed by atoms with Gasteiger partial charge in [-0.2, -0.15) is 11.8 Å². The molecule has 0 amide bonds. The average Bonchev–Trinajstić information content (AvgIpc) is 2.94. The van der Waals surface area contributed by atoms with E-state index in [1.807, 2.05) is 18.8 Å². The third kappa shape index (κ3) is 3.55. The van der Waals surface area contributed by atoms with Crippen molar-refractivity contribution in [1.29, 1.82) is 0 Å². The molecule has 0 saturated carbocycles. The van der Waals surface area contributed by atoms with Crippen LogP contribution in [0.5, 0.6) is 5.75 Å². The zero-order chi connectivity index (χ0) is 14.7. The van der Waals surface area contributed by atoms with E-state index in [2.05, 4.69) is 36.5 Å². The molecule has 2 fully saturated rings. The summed E-state index contributed by atoms with van der Waals surface area (Å²) in [6, 6.07) is 8.80. The molecule has 1 N–H and O–H groups in total. The second kappa shape index (κ2) is 6.59. The van der Waals surface area contributed by atoms with Crippen molar-refractivity contribution in [2.45, 2.75) is 43.9 Å². The molecular weight excluding hydrogens is 282 g/mol. The van der Waals surface area contributed by atoms with Crippen molar-refractivity contribution in [2.75, 3.05) is 25.2 Å². The highest BCUT2D eigenvalue weighted by Gasteiger charge is 2.41. The maximum absolute atomic E-state index is 6.26. The van der Waals surface area contributed by atoms with Gasteiger partial charge in [0.1, 0.15) is 11.9 Å². The van der Waals surface area contributed by atoms with Crippen LogP contribution in [0.2, 0.25) is 0 Å². The zero-order valence-corrected chi connectivity index (χ0v) is 13.7. The van der Waals surface area contributed by atoms with Crippen molar-refractivity contribution >= 4 is 11.8 Å². The lowest BCUT2D eigenvalue weighted by Crippen LogP contribution is -2.43. The van der Waals surface area contributed by atoms with Crippen LogP contribution in [0.25, 0.3) is 0 Å². The summed E-state index contributed by atoms with van der Waals surface area (Å²) in [6.07, 6.45) is 3.50. The highest BCUT2D eigenvalue weighted by atomic mass is 32.2. The van der Waals surface area contributed by atoms with Crippen molar-refractivity contribution in [3.8, 4) is 5.75 Å². The van der Waals surface area contributed by atoms with Crippen molar-refractivity contribution in [1.82, 2.24) is 5.32 Å². The van der Waals surface area contributed by atoms with Crippen LogP contribution >= 0.6 is 11.8 Å². The van der Waals surface area contributed by atoms with Gasteiger partial charge in [0.15, 0.2) is 0 Å². The fourth-order valence-electron chi connectivity index (χ4n) is 3.16. The molecule has 2 aliphatic heterocycles. The molecule has 1 aromatic carbocycles. The lowest BCUT2D eigenvalue weighted by Gasteiger charge is -2.37. The van der Waals surface area contributed by atoms with Gasteiger partial charge in [-0.05, 0) is 43.8 Å². The fraction of sp³-hybridized carbons (Fsp3) is 0.647. The monoisotopic (exact) mass is 307 g/mol. The van der Waals surface area contributed by atoms with E-state index in [1.165, 1.54) is 17.7 Å². The highest BCUT2D eigenvalue weighted by molar-refractivity contribution is 7.99. The highest BCUT2D eigenvalue weighted by Crippen LogP contribution is 2.39. The summed E-state index contributed by atoms with van der Waals surface area (Å²) in [5.74, 6) is 3.34. The molecule has 2 saturated heterocycles. The molecule has 116 valence electrons. The molecule has 2 heterocycles. The first-order valence-corrected chi connectivity index (χ1v) is 9.02. The van der Waals surface area contributed by atoms with E-state index in [4.69, 9.17) is 9.47 Å². The molecule has 2 aliphatic rings. The van der Waals surface area contributed by atoms with Crippen LogP contribution in [-0.2, 0) is 4.74 Å². The predicted octanol–water partition coefficient (Wildman–Crippen LogP) is 3.40. The molecule has 21 heavy (non-hydrogen) atoms. The molecule has 4 heteroatoms. The van der Waals surface area contributed by atoms with E-state index < -0.39 is 0 Å². The van der Waals surface area contributed by atoms with Crippen LogP contribution in [0.1, 0.15) is 37.8 Å². The third-order valence-corrected chi connectivity index (χ3v) is 5.83. The normalized spacial score (nSPS) is 30.5. The summed E-state index contributed by atoms with van der Waals surface area (Å²) in [4.78, 5) is 0. The van der Waals surface area contributed by atoms with Gasteiger partial charge in [-0.1, -0.05) is 12.1 Å². The van der Waals surface area contributed by atoms with Gasteiger partial charge in [0, 0.05) is 24.6 Å². The quantitative estimate of drug-likeness (QED) is 0.923. The van der Waals surface area contributed by atoms with Crippen LogP contribution in [0.15, 0.2) is 24.3 Å². The minimum absolute atomic E-state index is 0.0868. The molecule has 3 unspecified atom stereocenters. The largest absolute Gasteiger partial charge is 0.490 e. The average molecular weight is 307 g/mol. The first kappa shape index (κ1) is 15.2. The second-order valence-electron chi connectivity index (χ2n) is 6.15. The van der Waals surface area contributed by atoms with Gasteiger partial charge >= 0.3 is 0 Å². The van der Waals surface area contributed by atoms with E-state index in [1.54, 1.807) is 0 Å². The second-order valence-corrected chi connectivity index (χ2v) is 7.25. The lowest BCUT2D eigenvalue weighted by atomic mass is 9.91. The fourth-order valence-corrected chi connectivity index (χ4v) is 4.54. The predicted molar refractivity (Wildman–Crippen MR) is 88.2 cm³/mol. The smallest absolute Gasteiger partial charge is 0.120 e. The number of benzene rings is 1. The van der Waals surface area contributed by atoms with Crippen molar-refractivity contribution < 1.29 is 9.47 Å². The van der Waals surface area contributed by atoms with E-state index >= 15 is 0 Å². The van der Waals surface area contributed by atoms with E-state index in [0.717, 1.165) is 31.0 Å². The van der Waals surface area contributed by atoms with Crippen LogP contribution in [0, 0.1) is 0 Å². The van der Waals surface area contributed by atoms with Crippen LogP contribution in [-0.4, -0.2) is 36.9 Å². The topological polar surface area (TPSA) is 30.5 Å². The zero-order valence-electron chi connectivity index (χ0n) is 12.9. The molecule has 0 aliphatic carbocycles. The summed E-state index contributed by atoms with van der Waals surface area (Å²) in [5, 5.41) is 3.27. The Morgan fingerprint density at radius 2 is 2.38 bits per heavy atom. The summed E-state index contributed by atoms with van der Waals surface area (Å²) in [5.41, 5.74) is 1.36. The van der Waals surface area contributed by atoms with E-state index in [0.29, 0.717) is 6.04 Å². The van der Waals surface area contributed by atoms with Gasteiger partial charge < -0.3 is 14.8 Å². The Hall–Kier alpha value is -0.710. The van der Waals surface area contributed by atoms with Crippen molar-refractivity contribution in [2.24, 2.45) is 0 Å². The minimum Gasteiger partial charge on any atom is -0.490 e. The summed E-state index contributed by atoms with van der Waals surface area (Å²) >= 11 is 2.01. The Kier molecular flexibility index (Phi) is 4.77. The number of thioether (sulfide) groups is 1. The number of hydrogen-bond donors (Lipinski definition) is 1. The summed E-state index contributed by atoms with van der Waals surface area (Å²) < 4.78 is 12.3. The number of nitrogens with one attached hydrogen (secondary N) is 1. The standard InChI is InChI=1S/C17H25NO2S/c1-13(18-2)14-4-3-5-15(10-14)20-16-6-8-19-17(11-16)7-9-21-12-17/h3-5,10,13,16,18H,6-9,11-12H2,1-2H3. The minimum atomic E-state index is 0.0868. The molecular formula is C17H25NO2S. The molecule has 0 bridgehead atoms. The summed E-state index contributed by atoms with van der Waals surface area (Å²) in [6.45, 7) is 3.00. The SMILES string of the molecule is CNC(C)c1cccc(OC2CCOC3(CCSC3)C2)c1. The first-order chi connectivity index (χ1) is 10.2. The molecule has 3 nitrogen and oxygen atoms in total. The van der Waals surface area contributed by atoms with Crippen LogP contribution in [0.3, 0.4) is 0 Å². The van der Waals surface area contributed by atoms with Gasteiger partial charge in [0.25, 0.3) is 0 Å².